The van der Waals surface area contributed by atoms with Gasteiger partial charge in [0, 0.05) is 16.5 Å². The molecule has 5 nitrogen and oxygen atoms in total. The number of ether oxygens (including phenoxy) is 1. The van der Waals surface area contributed by atoms with Gasteiger partial charge >= 0.3 is 13.1 Å². The Bertz CT molecular complexity index is 1300. The summed E-state index contributed by atoms with van der Waals surface area (Å²) >= 11 is 0. The molecular formula is C27H28BNO4. The fourth-order valence-corrected chi connectivity index (χ4v) is 4.45. The fraction of sp³-hybridized carbons (Fsp3) is 0.296. The maximum absolute atomic E-state index is 12.8. The first-order valence-corrected chi connectivity index (χ1v) is 11.4. The molecule has 0 spiro atoms. The van der Waals surface area contributed by atoms with Crippen LogP contribution in [0.25, 0.3) is 27.5 Å². The molecule has 1 aromatic heterocycles. The monoisotopic (exact) mass is 441 g/mol. The summed E-state index contributed by atoms with van der Waals surface area (Å²) in [4.78, 5) is 12.8. The molecule has 1 aliphatic rings. The van der Waals surface area contributed by atoms with Gasteiger partial charge in [-0.25, -0.2) is 4.79 Å². The van der Waals surface area contributed by atoms with Gasteiger partial charge < -0.3 is 18.6 Å². The normalized spacial score (nSPS) is 17.1. The van der Waals surface area contributed by atoms with Gasteiger partial charge in [-0.05, 0) is 70.4 Å². The maximum atomic E-state index is 12.8. The Morgan fingerprint density at radius 2 is 1.42 bits per heavy atom. The van der Waals surface area contributed by atoms with E-state index >= 15 is 0 Å². The summed E-state index contributed by atoms with van der Waals surface area (Å²) in [5.41, 5.74) is 3.22. The smallest absolute Gasteiger partial charge is 0.462 e. The van der Waals surface area contributed by atoms with Crippen molar-refractivity contribution in [3.05, 3.63) is 72.3 Å². The van der Waals surface area contributed by atoms with Gasteiger partial charge in [0.15, 0.2) is 0 Å². The summed E-state index contributed by atoms with van der Waals surface area (Å²) in [7, 11) is -0.678. The maximum Gasteiger partial charge on any atom is 0.495 e. The van der Waals surface area contributed by atoms with Gasteiger partial charge in [-0.1, -0.05) is 36.4 Å². The van der Waals surface area contributed by atoms with Gasteiger partial charge in [0.25, 0.3) is 0 Å². The lowest BCUT2D eigenvalue weighted by atomic mass is 9.75. The second-order valence-electron chi connectivity index (χ2n) is 9.45. The quantitative estimate of drug-likeness (QED) is 0.320. The Labute approximate surface area is 194 Å². The third-order valence-corrected chi connectivity index (χ3v) is 6.88. The zero-order valence-corrected chi connectivity index (χ0v) is 19.7. The summed E-state index contributed by atoms with van der Waals surface area (Å²) in [6.07, 6.45) is 0. The lowest BCUT2D eigenvalue weighted by Crippen LogP contribution is -2.41. The van der Waals surface area contributed by atoms with Crippen molar-refractivity contribution >= 4 is 40.4 Å². The van der Waals surface area contributed by atoms with E-state index in [1.807, 2.05) is 58.0 Å². The molecule has 0 saturated carbocycles. The lowest BCUT2D eigenvalue weighted by Gasteiger charge is -2.32. The third kappa shape index (κ3) is 3.45. The van der Waals surface area contributed by atoms with Crippen LogP contribution in [0.5, 0.6) is 0 Å². The number of carbonyl (C=O) groups excluding carboxylic acids is 1. The van der Waals surface area contributed by atoms with Gasteiger partial charge in [-0.2, -0.15) is 0 Å². The number of hydrogen-bond donors (Lipinski definition) is 0. The minimum absolute atomic E-state index is 0.302. The number of aromatic nitrogens is 1. The molecule has 1 saturated heterocycles. The van der Waals surface area contributed by atoms with Gasteiger partial charge in [-0.3, -0.25) is 0 Å². The highest BCUT2D eigenvalue weighted by atomic mass is 16.7. The number of hydrogen-bond acceptors (Lipinski definition) is 4. The van der Waals surface area contributed by atoms with Gasteiger partial charge in [-0.15, -0.1) is 0 Å². The van der Waals surface area contributed by atoms with E-state index in [-0.39, 0.29) is 5.97 Å². The minimum Gasteiger partial charge on any atom is -0.462 e. The van der Waals surface area contributed by atoms with Gasteiger partial charge in [0.2, 0.25) is 0 Å². The van der Waals surface area contributed by atoms with Gasteiger partial charge in [0.1, 0.15) is 0 Å². The van der Waals surface area contributed by atoms with E-state index in [1.54, 1.807) is 6.92 Å². The first-order chi connectivity index (χ1) is 15.7. The van der Waals surface area contributed by atoms with E-state index in [1.165, 1.54) is 10.8 Å². The number of fused-ring (bicyclic) bond motifs is 3. The Morgan fingerprint density at radius 3 is 1.97 bits per heavy atom. The summed E-state index contributed by atoms with van der Waals surface area (Å²) < 4.78 is 20.2. The highest BCUT2D eigenvalue weighted by Gasteiger charge is 2.52. The first-order valence-electron chi connectivity index (χ1n) is 11.4. The Kier molecular flexibility index (Phi) is 5.11. The molecule has 1 aliphatic heterocycles. The molecule has 3 aromatic carbocycles. The highest BCUT2D eigenvalue weighted by molar-refractivity contribution is 6.63. The topological polar surface area (TPSA) is 49.7 Å². The SMILES string of the molecule is CCOC(=O)c1ccc(-n2c3ccccc3c3ccccc32)cc1B1OC(C)(C)C(C)(C)O1. The number of benzene rings is 3. The molecule has 0 radical (unpaired) electrons. The van der Waals surface area contributed by atoms with E-state index in [9.17, 15) is 4.79 Å². The van der Waals surface area contributed by atoms with Crippen molar-refractivity contribution < 1.29 is 18.8 Å². The molecule has 1 fully saturated rings. The third-order valence-electron chi connectivity index (χ3n) is 6.88. The van der Waals surface area contributed by atoms with Crippen molar-refractivity contribution in [2.45, 2.75) is 45.8 Å². The lowest BCUT2D eigenvalue weighted by molar-refractivity contribution is 0.00578. The van der Waals surface area contributed by atoms with Crippen LogP contribution in [-0.4, -0.2) is 35.5 Å². The van der Waals surface area contributed by atoms with E-state index in [2.05, 4.69) is 41.0 Å². The largest absolute Gasteiger partial charge is 0.495 e. The molecule has 0 unspecified atom stereocenters. The van der Waals surface area contributed by atoms with Crippen molar-refractivity contribution in [1.29, 1.82) is 0 Å². The van der Waals surface area contributed by atoms with Crippen LogP contribution >= 0.6 is 0 Å². The van der Waals surface area contributed by atoms with E-state index in [0.717, 1.165) is 16.7 Å². The number of nitrogens with zero attached hydrogens (tertiary/aromatic N) is 1. The predicted molar refractivity (Wildman–Crippen MR) is 132 cm³/mol. The molecule has 0 N–H and O–H groups in total. The molecule has 4 aromatic rings. The molecule has 6 heteroatoms. The highest BCUT2D eigenvalue weighted by Crippen LogP contribution is 2.37. The second-order valence-corrected chi connectivity index (χ2v) is 9.45. The molecule has 2 heterocycles. The Morgan fingerprint density at radius 1 is 0.879 bits per heavy atom. The van der Waals surface area contributed by atoms with Crippen LogP contribution in [0.1, 0.15) is 45.0 Å². The fourth-order valence-electron chi connectivity index (χ4n) is 4.45. The molecule has 0 atom stereocenters. The molecule has 168 valence electrons. The van der Waals surface area contributed by atoms with E-state index in [0.29, 0.717) is 17.6 Å². The van der Waals surface area contributed by atoms with Crippen LogP contribution in [0.3, 0.4) is 0 Å². The summed E-state index contributed by atoms with van der Waals surface area (Å²) in [5, 5.41) is 2.36. The van der Waals surface area contributed by atoms with Gasteiger partial charge in [0.05, 0.1) is 34.4 Å². The zero-order valence-electron chi connectivity index (χ0n) is 19.7. The molecular weight excluding hydrogens is 413 g/mol. The van der Waals surface area contributed by atoms with E-state index < -0.39 is 18.3 Å². The minimum atomic E-state index is -0.678. The number of carbonyl (C=O) groups is 1. The van der Waals surface area contributed by atoms with Crippen LogP contribution in [0.15, 0.2) is 66.7 Å². The molecule has 0 aliphatic carbocycles. The average molecular weight is 441 g/mol. The first kappa shape index (κ1) is 21.7. The summed E-state index contributed by atoms with van der Waals surface area (Å²) in [6.45, 7) is 10.1. The number of rotatable bonds is 4. The van der Waals surface area contributed by atoms with Crippen molar-refractivity contribution in [3.8, 4) is 5.69 Å². The van der Waals surface area contributed by atoms with Crippen LogP contribution in [0.4, 0.5) is 0 Å². The van der Waals surface area contributed by atoms with Crippen molar-refractivity contribution in [1.82, 2.24) is 4.57 Å². The second kappa shape index (κ2) is 7.75. The zero-order chi connectivity index (χ0) is 23.4. The number of esters is 1. The standard InChI is InChI=1S/C27H28BNO4/c1-6-31-25(30)21-16-15-18(17-22(21)28-32-26(2,3)27(4,5)33-28)29-23-13-9-7-11-19(23)20-12-8-10-14-24(20)29/h7-17H,6H2,1-5H3. The van der Waals surface area contributed by atoms with Crippen LogP contribution in [0, 0.1) is 0 Å². The summed E-state index contributed by atoms with van der Waals surface area (Å²) in [6, 6.07) is 22.5. The molecule has 0 bridgehead atoms. The average Bonchev–Trinajstić information content (AvgIpc) is 3.23. The van der Waals surface area contributed by atoms with Crippen LogP contribution < -0.4 is 5.46 Å². The number of para-hydroxylation sites is 2. The predicted octanol–water partition coefficient (Wildman–Crippen LogP) is 5.26. The van der Waals surface area contributed by atoms with E-state index in [4.69, 9.17) is 14.0 Å². The Balaban J connectivity index is 1.73. The van der Waals surface area contributed by atoms with Crippen LogP contribution in [-0.2, 0) is 14.0 Å². The van der Waals surface area contributed by atoms with Crippen molar-refractivity contribution in [3.63, 3.8) is 0 Å². The molecule has 5 rings (SSSR count). The van der Waals surface area contributed by atoms with Crippen LogP contribution in [0.2, 0.25) is 0 Å². The van der Waals surface area contributed by atoms with Crippen molar-refractivity contribution in [2.75, 3.05) is 6.61 Å². The summed E-state index contributed by atoms with van der Waals surface area (Å²) in [5.74, 6) is -0.379. The Hall–Kier alpha value is -3.09. The molecule has 0 amide bonds. The van der Waals surface area contributed by atoms with Crippen molar-refractivity contribution in [2.24, 2.45) is 0 Å². The molecule has 33 heavy (non-hydrogen) atoms.